The molecule has 0 bridgehead atoms. The Bertz CT molecular complexity index is 641. The van der Waals surface area contributed by atoms with Gasteiger partial charge in [-0.15, -0.1) is 0 Å². The van der Waals surface area contributed by atoms with Crippen LogP contribution in [0.2, 0.25) is 0 Å². The van der Waals surface area contributed by atoms with E-state index in [4.69, 9.17) is 5.11 Å². The van der Waals surface area contributed by atoms with Gasteiger partial charge in [0.2, 0.25) is 0 Å². The number of hydrogen-bond acceptors (Lipinski definition) is 3. The maximum Gasteiger partial charge on any atom is 0.339 e. The standard InChI is InChI=1S/C14H13FN2O2/c1-8-3-4-12(9(2)5-8)17-13-11(14(18)19)6-10(15)7-16-13/h3-7H,1-2H3,(H,16,17)(H,18,19). The van der Waals surface area contributed by atoms with Crippen molar-refractivity contribution in [3.8, 4) is 0 Å². The quantitative estimate of drug-likeness (QED) is 0.889. The number of nitrogens with one attached hydrogen (secondary N) is 1. The Hall–Kier alpha value is -2.43. The van der Waals surface area contributed by atoms with E-state index in [2.05, 4.69) is 10.3 Å². The van der Waals surface area contributed by atoms with E-state index in [1.54, 1.807) is 0 Å². The lowest BCUT2D eigenvalue weighted by Gasteiger charge is -2.11. The van der Waals surface area contributed by atoms with Gasteiger partial charge in [0.25, 0.3) is 0 Å². The van der Waals surface area contributed by atoms with Crippen LogP contribution >= 0.6 is 0 Å². The molecule has 2 aromatic rings. The third-order valence-electron chi connectivity index (χ3n) is 2.72. The van der Waals surface area contributed by atoms with Crippen molar-refractivity contribution in [2.75, 3.05) is 5.32 Å². The number of aryl methyl sites for hydroxylation is 2. The second-order valence-electron chi connectivity index (χ2n) is 4.30. The lowest BCUT2D eigenvalue weighted by molar-refractivity contribution is 0.0697. The molecule has 0 aliphatic heterocycles. The first kappa shape index (κ1) is 13.0. The van der Waals surface area contributed by atoms with Gasteiger partial charge in [-0.05, 0) is 31.5 Å². The van der Waals surface area contributed by atoms with Gasteiger partial charge >= 0.3 is 5.97 Å². The number of carboxylic acids is 1. The molecule has 0 spiro atoms. The van der Waals surface area contributed by atoms with Gasteiger partial charge in [-0.1, -0.05) is 17.7 Å². The number of hydrogen-bond donors (Lipinski definition) is 2. The molecular weight excluding hydrogens is 247 g/mol. The molecule has 0 unspecified atom stereocenters. The number of nitrogens with zero attached hydrogens (tertiary/aromatic N) is 1. The SMILES string of the molecule is Cc1ccc(Nc2ncc(F)cc2C(=O)O)c(C)c1. The first-order chi connectivity index (χ1) is 8.97. The molecule has 2 N–H and O–H groups in total. The first-order valence-electron chi connectivity index (χ1n) is 5.70. The lowest BCUT2D eigenvalue weighted by Crippen LogP contribution is -2.06. The molecule has 0 amide bonds. The Balaban J connectivity index is 2.40. The van der Waals surface area contributed by atoms with Gasteiger partial charge in [0.1, 0.15) is 17.2 Å². The highest BCUT2D eigenvalue weighted by Crippen LogP contribution is 2.23. The van der Waals surface area contributed by atoms with Crippen LogP contribution in [0.3, 0.4) is 0 Å². The average molecular weight is 260 g/mol. The molecule has 0 saturated heterocycles. The highest BCUT2D eigenvalue weighted by atomic mass is 19.1. The molecule has 0 saturated carbocycles. The molecule has 0 atom stereocenters. The van der Waals surface area contributed by atoms with Crippen LogP contribution in [0.1, 0.15) is 21.5 Å². The summed E-state index contributed by atoms with van der Waals surface area (Å²) >= 11 is 0. The van der Waals surface area contributed by atoms with Gasteiger partial charge < -0.3 is 10.4 Å². The van der Waals surface area contributed by atoms with Crippen LogP contribution in [-0.2, 0) is 0 Å². The molecule has 1 aromatic heterocycles. The predicted octanol–water partition coefficient (Wildman–Crippen LogP) is 3.28. The number of aromatic carboxylic acids is 1. The lowest BCUT2D eigenvalue weighted by atomic mass is 10.1. The summed E-state index contributed by atoms with van der Waals surface area (Å²) in [5, 5.41) is 12.0. The fourth-order valence-corrected chi connectivity index (χ4v) is 1.78. The molecular formula is C14H13FN2O2. The summed E-state index contributed by atoms with van der Waals surface area (Å²) in [6, 6.07) is 6.65. The molecule has 1 aromatic carbocycles. The zero-order valence-electron chi connectivity index (χ0n) is 10.6. The molecule has 2 rings (SSSR count). The van der Waals surface area contributed by atoms with Crippen molar-refractivity contribution in [3.63, 3.8) is 0 Å². The summed E-state index contributed by atoms with van der Waals surface area (Å²) in [6.45, 7) is 3.87. The number of carbonyl (C=O) groups is 1. The summed E-state index contributed by atoms with van der Waals surface area (Å²) in [6.07, 6.45) is 0.984. The third-order valence-corrected chi connectivity index (χ3v) is 2.72. The second-order valence-corrected chi connectivity index (χ2v) is 4.30. The molecule has 19 heavy (non-hydrogen) atoms. The van der Waals surface area contributed by atoms with Crippen molar-refractivity contribution in [1.29, 1.82) is 0 Å². The average Bonchev–Trinajstić information content (AvgIpc) is 2.34. The van der Waals surface area contributed by atoms with Gasteiger partial charge in [0, 0.05) is 5.69 Å². The summed E-state index contributed by atoms with van der Waals surface area (Å²) in [5.41, 5.74) is 2.61. The molecule has 0 aliphatic carbocycles. The molecule has 5 heteroatoms. The number of carboxylic acid groups (broad SMARTS) is 1. The van der Waals surface area contributed by atoms with E-state index in [0.29, 0.717) is 0 Å². The fraction of sp³-hybridized carbons (Fsp3) is 0.143. The zero-order valence-corrected chi connectivity index (χ0v) is 10.6. The van der Waals surface area contributed by atoms with Crippen molar-refractivity contribution in [3.05, 3.63) is 53.0 Å². The van der Waals surface area contributed by atoms with E-state index < -0.39 is 11.8 Å². The fourth-order valence-electron chi connectivity index (χ4n) is 1.78. The predicted molar refractivity (Wildman–Crippen MR) is 70.4 cm³/mol. The van der Waals surface area contributed by atoms with E-state index >= 15 is 0 Å². The number of anilines is 2. The largest absolute Gasteiger partial charge is 0.478 e. The minimum absolute atomic E-state index is 0.126. The van der Waals surface area contributed by atoms with Crippen LogP contribution < -0.4 is 5.32 Å². The van der Waals surface area contributed by atoms with Crippen molar-refractivity contribution < 1.29 is 14.3 Å². The summed E-state index contributed by atoms with van der Waals surface area (Å²) in [4.78, 5) is 14.8. The maximum atomic E-state index is 13.0. The van der Waals surface area contributed by atoms with Gasteiger partial charge in [-0.3, -0.25) is 0 Å². The van der Waals surface area contributed by atoms with Crippen LogP contribution in [0.5, 0.6) is 0 Å². The van der Waals surface area contributed by atoms with Crippen LogP contribution in [0.25, 0.3) is 0 Å². The number of benzene rings is 1. The van der Waals surface area contributed by atoms with E-state index in [-0.39, 0.29) is 11.4 Å². The van der Waals surface area contributed by atoms with Crippen molar-refractivity contribution in [1.82, 2.24) is 4.98 Å². The molecule has 0 fully saturated rings. The Morgan fingerprint density at radius 3 is 2.68 bits per heavy atom. The summed E-state index contributed by atoms with van der Waals surface area (Å²) < 4.78 is 13.0. The summed E-state index contributed by atoms with van der Waals surface area (Å²) in [5.74, 6) is -1.77. The molecule has 0 aliphatic rings. The van der Waals surface area contributed by atoms with Crippen molar-refractivity contribution in [2.45, 2.75) is 13.8 Å². The zero-order chi connectivity index (χ0) is 14.0. The molecule has 98 valence electrons. The van der Waals surface area contributed by atoms with E-state index in [9.17, 15) is 9.18 Å². The van der Waals surface area contributed by atoms with Crippen LogP contribution in [0.4, 0.5) is 15.9 Å². The number of rotatable bonds is 3. The normalized spacial score (nSPS) is 10.3. The van der Waals surface area contributed by atoms with Crippen molar-refractivity contribution in [2.24, 2.45) is 0 Å². The van der Waals surface area contributed by atoms with E-state index in [1.807, 2.05) is 32.0 Å². The molecule has 1 heterocycles. The topological polar surface area (TPSA) is 62.2 Å². The van der Waals surface area contributed by atoms with E-state index in [0.717, 1.165) is 29.1 Å². The van der Waals surface area contributed by atoms with Crippen LogP contribution in [-0.4, -0.2) is 16.1 Å². The smallest absolute Gasteiger partial charge is 0.339 e. The second kappa shape index (κ2) is 5.06. The van der Waals surface area contributed by atoms with Gasteiger partial charge in [0.15, 0.2) is 0 Å². The Kier molecular flexibility index (Phi) is 3.46. The van der Waals surface area contributed by atoms with Crippen molar-refractivity contribution >= 4 is 17.5 Å². The number of halogens is 1. The molecule has 0 radical (unpaired) electrons. The Morgan fingerprint density at radius 1 is 1.32 bits per heavy atom. The third kappa shape index (κ3) is 2.88. The van der Waals surface area contributed by atoms with Gasteiger partial charge in [0.05, 0.1) is 6.20 Å². The maximum absolute atomic E-state index is 13.0. The first-order valence-corrected chi connectivity index (χ1v) is 5.70. The van der Waals surface area contributed by atoms with Crippen LogP contribution in [0.15, 0.2) is 30.5 Å². The van der Waals surface area contributed by atoms with Gasteiger partial charge in [-0.25, -0.2) is 14.2 Å². The Morgan fingerprint density at radius 2 is 2.05 bits per heavy atom. The van der Waals surface area contributed by atoms with E-state index in [1.165, 1.54) is 0 Å². The number of aromatic nitrogens is 1. The highest BCUT2D eigenvalue weighted by Gasteiger charge is 2.13. The van der Waals surface area contributed by atoms with Crippen LogP contribution in [0, 0.1) is 19.7 Å². The highest BCUT2D eigenvalue weighted by molar-refractivity contribution is 5.94. The monoisotopic (exact) mass is 260 g/mol. The minimum Gasteiger partial charge on any atom is -0.478 e. The minimum atomic E-state index is -1.22. The Labute approximate surface area is 109 Å². The summed E-state index contributed by atoms with van der Waals surface area (Å²) in [7, 11) is 0. The molecule has 4 nitrogen and oxygen atoms in total. The number of pyridine rings is 1. The van der Waals surface area contributed by atoms with Gasteiger partial charge in [-0.2, -0.15) is 0 Å².